The number of Topliss-reactive ketones (excluding diaryl/α,β-unsaturated/α-hetero) is 1. The Morgan fingerprint density at radius 1 is 0.971 bits per heavy atom. The summed E-state index contributed by atoms with van der Waals surface area (Å²) >= 11 is 3.28. The minimum absolute atomic E-state index is 0.0343. The van der Waals surface area contributed by atoms with E-state index >= 15 is 0 Å². The molecule has 0 saturated heterocycles. The summed E-state index contributed by atoms with van der Waals surface area (Å²) < 4.78 is 62.9. The Hall–Kier alpha value is -3.79. The predicted octanol–water partition coefficient (Wildman–Crippen LogP) is 6.64. The van der Waals surface area contributed by atoms with Crippen LogP contribution in [0.2, 0.25) is 0 Å². The zero-order valence-corrected chi connectivity index (χ0v) is 19.6. The Morgan fingerprint density at radius 2 is 1.69 bits per heavy atom. The number of carbonyl (C=O) groups excluding carboxylic acids is 1. The van der Waals surface area contributed by atoms with Crippen molar-refractivity contribution >= 4 is 32.7 Å². The molecule has 0 saturated carbocycles. The number of rotatable bonds is 7. The number of carbonyl (C=O) groups is 1. The van der Waals surface area contributed by atoms with Crippen molar-refractivity contribution in [3.63, 3.8) is 0 Å². The Kier molecular flexibility index (Phi) is 6.83. The van der Waals surface area contributed by atoms with E-state index in [0.29, 0.717) is 11.3 Å². The van der Waals surface area contributed by atoms with Crippen LogP contribution in [-0.4, -0.2) is 19.5 Å². The first-order valence-electron chi connectivity index (χ1n) is 10.1. The zero-order chi connectivity index (χ0) is 25.2. The monoisotopic (exact) mass is 548 g/mol. The van der Waals surface area contributed by atoms with Crippen molar-refractivity contribution in [2.75, 3.05) is 13.7 Å². The largest absolute Gasteiger partial charge is 0.497 e. The van der Waals surface area contributed by atoms with E-state index in [1.54, 1.807) is 30.3 Å². The highest BCUT2D eigenvalue weighted by atomic mass is 79.9. The van der Waals surface area contributed by atoms with Gasteiger partial charge in [-0.15, -0.1) is 0 Å². The maximum absolute atomic E-state index is 13.8. The van der Waals surface area contributed by atoms with Crippen molar-refractivity contribution in [1.29, 1.82) is 0 Å². The summed E-state index contributed by atoms with van der Waals surface area (Å²) in [5, 5.41) is -0.150. The standard InChI is InChI=1S/C25H16BrF3O6/c1-32-16-3-2-4-18(11-16)34-23-22(31)19-10-9-17(12-21(19)35-24(23)25(27,28)29)33-13-20(30)14-5-7-15(26)8-6-14/h2-12H,13H2,1H3. The van der Waals surface area contributed by atoms with Crippen LogP contribution >= 0.6 is 15.9 Å². The van der Waals surface area contributed by atoms with E-state index in [1.807, 2.05) is 0 Å². The summed E-state index contributed by atoms with van der Waals surface area (Å²) in [4.78, 5) is 25.2. The molecule has 0 bridgehead atoms. The van der Waals surface area contributed by atoms with Crippen LogP contribution in [0.1, 0.15) is 16.1 Å². The summed E-state index contributed by atoms with van der Waals surface area (Å²) in [7, 11) is 1.39. The fourth-order valence-electron chi connectivity index (χ4n) is 3.18. The van der Waals surface area contributed by atoms with Gasteiger partial charge in [-0.3, -0.25) is 9.59 Å². The molecule has 0 aliphatic carbocycles. The molecule has 0 radical (unpaired) electrons. The molecule has 0 spiro atoms. The van der Waals surface area contributed by atoms with Crippen LogP contribution in [-0.2, 0) is 6.18 Å². The molecule has 4 rings (SSSR count). The predicted molar refractivity (Wildman–Crippen MR) is 125 cm³/mol. The number of ether oxygens (including phenoxy) is 3. The SMILES string of the molecule is COc1cccc(Oc2c(C(F)(F)F)oc3cc(OCC(=O)c4ccc(Br)cc4)ccc3c2=O)c1. The topological polar surface area (TPSA) is 75.0 Å². The maximum Gasteiger partial charge on any atom is 0.453 e. The molecule has 1 aromatic heterocycles. The molecule has 10 heteroatoms. The van der Waals surface area contributed by atoms with Gasteiger partial charge in [-0.25, -0.2) is 0 Å². The lowest BCUT2D eigenvalue weighted by atomic mass is 10.1. The number of hydrogen-bond donors (Lipinski definition) is 0. The van der Waals surface area contributed by atoms with Crippen LogP contribution in [0, 0.1) is 0 Å². The second-order valence-corrected chi connectivity index (χ2v) is 8.16. The normalized spacial score (nSPS) is 11.3. The number of ketones is 1. The van der Waals surface area contributed by atoms with E-state index < -0.39 is 23.1 Å². The summed E-state index contributed by atoms with van der Waals surface area (Å²) in [6, 6.07) is 16.1. The van der Waals surface area contributed by atoms with Crippen LogP contribution in [0.15, 0.2) is 80.4 Å². The van der Waals surface area contributed by atoms with Crippen molar-refractivity contribution in [2.45, 2.75) is 6.18 Å². The van der Waals surface area contributed by atoms with Gasteiger partial charge in [0.2, 0.25) is 11.2 Å². The Labute approximate surface area is 205 Å². The van der Waals surface area contributed by atoms with Crippen molar-refractivity contribution < 1.29 is 36.6 Å². The highest BCUT2D eigenvalue weighted by Crippen LogP contribution is 2.39. The van der Waals surface area contributed by atoms with Crippen molar-refractivity contribution in [1.82, 2.24) is 0 Å². The lowest BCUT2D eigenvalue weighted by molar-refractivity contribution is -0.154. The van der Waals surface area contributed by atoms with Crippen molar-refractivity contribution in [3.05, 3.63) is 92.7 Å². The fraction of sp³-hybridized carbons (Fsp3) is 0.120. The quantitative estimate of drug-likeness (QED) is 0.241. The molecule has 3 aromatic carbocycles. The first-order chi connectivity index (χ1) is 16.7. The van der Waals surface area contributed by atoms with Crippen LogP contribution in [0.4, 0.5) is 13.2 Å². The minimum atomic E-state index is -5.02. The lowest BCUT2D eigenvalue weighted by Gasteiger charge is -2.14. The molecule has 0 unspecified atom stereocenters. The first kappa shape index (κ1) is 24.3. The lowest BCUT2D eigenvalue weighted by Crippen LogP contribution is -2.16. The molecule has 0 aliphatic rings. The van der Waals surface area contributed by atoms with E-state index in [0.717, 1.165) is 10.5 Å². The van der Waals surface area contributed by atoms with Crippen LogP contribution < -0.4 is 19.6 Å². The maximum atomic E-state index is 13.8. The molecule has 1 heterocycles. The molecule has 0 atom stereocenters. The van der Waals surface area contributed by atoms with Crippen LogP contribution in [0.5, 0.6) is 23.0 Å². The average molecular weight is 549 g/mol. The summed E-state index contributed by atoms with van der Waals surface area (Å²) in [6.07, 6.45) is -5.02. The average Bonchev–Trinajstić information content (AvgIpc) is 2.84. The van der Waals surface area contributed by atoms with E-state index in [1.165, 1.54) is 37.4 Å². The third kappa shape index (κ3) is 5.48. The van der Waals surface area contributed by atoms with Gasteiger partial charge >= 0.3 is 6.18 Å². The molecule has 180 valence electrons. The van der Waals surface area contributed by atoms with Gasteiger partial charge in [0.25, 0.3) is 5.76 Å². The Balaban J connectivity index is 1.66. The molecular weight excluding hydrogens is 533 g/mol. The zero-order valence-electron chi connectivity index (χ0n) is 18.0. The number of alkyl halides is 3. The minimum Gasteiger partial charge on any atom is -0.497 e. The molecule has 4 aromatic rings. The van der Waals surface area contributed by atoms with Gasteiger partial charge in [-0.1, -0.05) is 34.1 Å². The van der Waals surface area contributed by atoms with Gasteiger partial charge < -0.3 is 18.6 Å². The Morgan fingerprint density at radius 3 is 2.37 bits per heavy atom. The summed E-state index contributed by atoms with van der Waals surface area (Å²) in [5.41, 5.74) is -0.980. The molecule has 6 nitrogen and oxygen atoms in total. The van der Waals surface area contributed by atoms with E-state index in [4.69, 9.17) is 18.6 Å². The molecule has 35 heavy (non-hydrogen) atoms. The second kappa shape index (κ2) is 9.83. The van der Waals surface area contributed by atoms with Gasteiger partial charge in [0.15, 0.2) is 12.4 Å². The van der Waals surface area contributed by atoms with E-state index in [-0.39, 0.29) is 34.9 Å². The van der Waals surface area contributed by atoms with Crippen molar-refractivity contribution in [2.24, 2.45) is 0 Å². The van der Waals surface area contributed by atoms with Gasteiger partial charge in [0.05, 0.1) is 12.5 Å². The highest BCUT2D eigenvalue weighted by Gasteiger charge is 2.40. The van der Waals surface area contributed by atoms with Gasteiger partial charge in [-0.05, 0) is 36.4 Å². The fourth-order valence-corrected chi connectivity index (χ4v) is 3.44. The molecular formula is C25H16BrF3O6. The van der Waals surface area contributed by atoms with Crippen LogP contribution in [0.3, 0.4) is 0 Å². The van der Waals surface area contributed by atoms with E-state index in [2.05, 4.69) is 15.9 Å². The van der Waals surface area contributed by atoms with Crippen molar-refractivity contribution in [3.8, 4) is 23.0 Å². The van der Waals surface area contributed by atoms with Gasteiger partial charge in [0.1, 0.15) is 22.8 Å². The molecule has 0 aliphatic heterocycles. The first-order valence-corrected chi connectivity index (χ1v) is 10.9. The van der Waals surface area contributed by atoms with Crippen LogP contribution in [0.25, 0.3) is 11.0 Å². The summed E-state index contributed by atoms with van der Waals surface area (Å²) in [5.74, 6) is -2.58. The molecule has 0 N–H and O–H groups in total. The number of fused-ring (bicyclic) bond motifs is 1. The smallest absolute Gasteiger partial charge is 0.453 e. The summed E-state index contributed by atoms with van der Waals surface area (Å²) in [6.45, 7) is -0.361. The van der Waals surface area contributed by atoms with E-state index in [9.17, 15) is 22.8 Å². The molecule has 0 amide bonds. The number of hydrogen-bond acceptors (Lipinski definition) is 6. The number of methoxy groups -OCH3 is 1. The molecule has 0 fully saturated rings. The number of benzene rings is 3. The Bertz CT molecular complexity index is 1440. The third-order valence-corrected chi connectivity index (χ3v) is 5.41. The van der Waals surface area contributed by atoms with Gasteiger partial charge in [0, 0.05) is 22.2 Å². The third-order valence-electron chi connectivity index (χ3n) is 4.88. The number of halogens is 4. The van der Waals surface area contributed by atoms with Gasteiger partial charge in [-0.2, -0.15) is 13.2 Å². The second-order valence-electron chi connectivity index (χ2n) is 7.24. The highest BCUT2D eigenvalue weighted by molar-refractivity contribution is 9.10.